The van der Waals surface area contributed by atoms with Crippen LogP contribution in [0.3, 0.4) is 0 Å². The van der Waals surface area contributed by atoms with E-state index in [1.807, 2.05) is 24.3 Å². The standard InChI is InChI=1S/C18H29NO2/c1-3-5-6-7-8-11-15(19-4-2)18-14-20-16-12-9-10-13-17(16)21-18/h9-10,12-13,15,18-19H,3-8,11,14H2,1-2H3. The molecule has 118 valence electrons. The van der Waals surface area contributed by atoms with Crippen molar-refractivity contribution < 1.29 is 9.47 Å². The molecule has 1 aromatic rings. The molecule has 2 atom stereocenters. The molecule has 2 rings (SSSR count). The fraction of sp³-hybridized carbons (Fsp3) is 0.667. The molecular weight excluding hydrogens is 262 g/mol. The van der Waals surface area contributed by atoms with Crippen LogP contribution in [0, 0.1) is 0 Å². The minimum absolute atomic E-state index is 0.117. The maximum absolute atomic E-state index is 6.14. The van der Waals surface area contributed by atoms with Gasteiger partial charge in [-0.3, -0.25) is 0 Å². The second-order valence-corrected chi connectivity index (χ2v) is 5.78. The van der Waals surface area contributed by atoms with Gasteiger partial charge >= 0.3 is 0 Å². The van der Waals surface area contributed by atoms with Crippen molar-refractivity contribution in [3.63, 3.8) is 0 Å². The van der Waals surface area contributed by atoms with Crippen molar-refractivity contribution in [2.24, 2.45) is 0 Å². The number of hydrogen-bond acceptors (Lipinski definition) is 3. The summed E-state index contributed by atoms with van der Waals surface area (Å²) in [6, 6.07) is 8.32. The lowest BCUT2D eigenvalue weighted by atomic mass is 10.0. The maximum atomic E-state index is 6.14. The lowest BCUT2D eigenvalue weighted by molar-refractivity contribution is 0.0592. The Morgan fingerprint density at radius 1 is 1.10 bits per heavy atom. The smallest absolute Gasteiger partial charge is 0.161 e. The zero-order valence-electron chi connectivity index (χ0n) is 13.4. The van der Waals surface area contributed by atoms with Gasteiger partial charge in [0, 0.05) is 6.04 Å². The predicted octanol–water partition coefficient (Wildman–Crippen LogP) is 4.17. The van der Waals surface area contributed by atoms with Crippen LogP contribution in [0.5, 0.6) is 11.5 Å². The van der Waals surface area contributed by atoms with Gasteiger partial charge in [0.05, 0.1) is 0 Å². The van der Waals surface area contributed by atoms with E-state index in [0.717, 1.165) is 24.5 Å². The number of para-hydroxylation sites is 2. The molecule has 0 spiro atoms. The third kappa shape index (κ3) is 4.92. The first kappa shape index (κ1) is 16.2. The first-order valence-electron chi connectivity index (χ1n) is 8.47. The Kier molecular flexibility index (Phi) is 6.87. The summed E-state index contributed by atoms with van der Waals surface area (Å²) in [6.45, 7) is 6.03. The molecule has 0 bridgehead atoms. The van der Waals surface area contributed by atoms with Crippen LogP contribution in [-0.4, -0.2) is 25.3 Å². The molecule has 1 aliphatic heterocycles. The van der Waals surface area contributed by atoms with Gasteiger partial charge in [0.1, 0.15) is 12.7 Å². The molecule has 3 nitrogen and oxygen atoms in total. The molecule has 0 saturated carbocycles. The molecule has 2 unspecified atom stereocenters. The minimum Gasteiger partial charge on any atom is -0.486 e. The summed E-state index contributed by atoms with van der Waals surface area (Å²) < 4.78 is 12.0. The van der Waals surface area contributed by atoms with Gasteiger partial charge in [-0.25, -0.2) is 0 Å². The fourth-order valence-electron chi connectivity index (χ4n) is 2.88. The van der Waals surface area contributed by atoms with Crippen LogP contribution < -0.4 is 14.8 Å². The van der Waals surface area contributed by atoms with E-state index >= 15 is 0 Å². The van der Waals surface area contributed by atoms with Crippen molar-refractivity contribution in [3.05, 3.63) is 24.3 Å². The molecule has 0 fully saturated rings. The van der Waals surface area contributed by atoms with Gasteiger partial charge in [-0.2, -0.15) is 0 Å². The first-order chi connectivity index (χ1) is 10.3. The summed E-state index contributed by atoms with van der Waals surface area (Å²) in [5.41, 5.74) is 0. The Labute approximate surface area is 129 Å². The largest absolute Gasteiger partial charge is 0.486 e. The molecule has 1 aromatic carbocycles. The van der Waals surface area contributed by atoms with Crippen LogP contribution in [0.4, 0.5) is 0 Å². The van der Waals surface area contributed by atoms with Crippen molar-refractivity contribution in [1.29, 1.82) is 0 Å². The molecule has 1 aliphatic rings. The van der Waals surface area contributed by atoms with Crippen LogP contribution in [0.15, 0.2) is 24.3 Å². The number of hydrogen-bond donors (Lipinski definition) is 1. The summed E-state index contributed by atoms with van der Waals surface area (Å²) >= 11 is 0. The van der Waals surface area contributed by atoms with Crippen molar-refractivity contribution in [3.8, 4) is 11.5 Å². The summed E-state index contributed by atoms with van der Waals surface area (Å²) in [5.74, 6) is 1.74. The quantitative estimate of drug-likeness (QED) is 0.693. The lowest BCUT2D eigenvalue weighted by Crippen LogP contribution is -2.47. The van der Waals surface area contributed by atoms with Gasteiger partial charge in [-0.15, -0.1) is 0 Å². The van der Waals surface area contributed by atoms with E-state index in [1.165, 1.54) is 32.1 Å². The Morgan fingerprint density at radius 3 is 2.62 bits per heavy atom. The number of ether oxygens (including phenoxy) is 2. The Hall–Kier alpha value is -1.22. The van der Waals surface area contributed by atoms with Gasteiger partial charge in [0.15, 0.2) is 11.5 Å². The van der Waals surface area contributed by atoms with E-state index in [0.29, 0.717) is 12.6 Å². The summed E-state index contributed by atoms with van der Waals surface area (Å²) in [7, 11) is 0. The molecule has 0 saturated heterocycles. The highest BCUT2D eigenvalue weighted by molar-refractivity contribution is 5.40. The average Bonchev–Trinajstić information content (AvgIpc) is 2.53. The highest BCUT2D eigenvalue weighted by atomic mass is 16.6. The summed E-state index contributed by atoms with van der Waals surface area (Å²) in [5, 5.41) is 3.57. The van der Waals surface area contributed by atoms with Crippen molar-refractivity contribution in [1.82, 2.24) is 5.32 Å². The van der Waals surface area contributed by atoms with Gasteiger partial charge in [0.2, 0.25) is 0 Å². The average molecular weight is 291 g/mol. The Bertz CT molecular complexity index is 408. The monoisotopic (exact) mass is 291 g/mol. The van der Waals surface area contributed by atoms with Gasteiger partial charge in [-0.05, 0) is 25.1 Å². The van der Waals surface area contributed by atoms with E-state index in [2.05, 4.69) is 19.2 Å². The fourth-order valence-corrected chi connectivity index (χ4v) is 2.88. The van der Waals surface area contributed by atoms with E-state index in [4.69, 9.17) is 9.47 Å². The lowest BCUT2D eigenvalue weighted by Gasteiger charge is -2.32. The van der Waals surface area contributed by atoms with Gasteiger partial charge < -0.3 is 14.8 Å². The second-order valence-electron chi connectivity index (χ2n) is 5.78. The van der Waals surface area contributed by atoms with Crippen molar-refractivity contribution >= 4 is 0 Å². The molecule has 1 N–H and O–H groups in total. The third-order valence-corrected chi connectivity index (χ3v) is 4.06. The zero-order chi connectivity index (χ0) is 14.9. The van der Waals surface area contributed by atoms with Crippen LogP contribution in [0.2, 0.25) is 0 Å². The Morgan fingerprint density at radius 2 is 1.86 bits per heavy atom. The highest BCUT2D eigenvalue weighted by Gasteiger charge is 2.27. The Balaban J connectivity index is 1.84. The number of fused-ring (bicyclic) bond motifs is 1. The zero-order valence-corrected chi connectivity index (χ0v) is 13.4. The number of likely N-dealkylation sites (N-methyl/N-ethyl adjacent to an activating group) is 1. The summed E-state index contributed by atoms with van der Waals surface area (Å²) in [6.07, 6.45) is 7.86. The molecule has 0 amide bonds. The number of benzene rings is 1. The number of rotatable bonds is 9. The van der Waals surface area contributed by atoms with E-state index < -0.39 is 0 Å². The molecule has 0 aliphatic carbocycles. The van der Waals surface area contributed by atoms with E-state index in [9.17, 15) is 0 Å². The third-order valence-electron chi connectivity index (χ3n) is 4.06. The topological polar surface area (TPSA) is 30.5 Å². The van der Waals surface area contributed by atoms with Gasteiger partial charge in [0.25, 0.3) is 0 Å². The van der Waals surface area contributed by atoms with E-state index in [1.54, 1.807) is 0 Å². The first-order valence-corrected chi connectivity index (χ1v) is 8.47. The molecule has 1 heterocycles. The van der Waals surface area contributed by atoms with E-state index in [-0.39, 0.29) is 6.10 Å². The molecular formula is C18H29NO2. The maximum Gasteiger partial charge on any atom is 0.161 e. The highest BCUT2D eigenvalue weighted by Crippen LogP contribution is 2.32. The van der Waals surface area contributed by atoms with Crippen molar-refractivity contribution in [2.75, 3.05) is 13.2 Å². The van der Waals surface area contributed by atoms with Crippen LogP contribution in [-0.2, 0) is 0 Å². The van der Waals surface area contributed by atoms with Crippen molar-refractivity contribution in [2.45, 2.75) is 64.5 Å². The van der Waals surface area contributed by atoms with Crippen LogP contribution >= 0.6 is 0 Å². The number of unbranched alkanes of at least 4 members (excludes halogenated alkanes) is 4. The predicted molar refractivity (Wildman–Crippen MR) is 87.2 cm³/mol. The minimum atomic E-state index is 0.117. The van der Waals surface area contributed by atoms with Crippen LogP contribution in [0.1, 0.15) is 52.4 Å². The molecule has 3 heteroatoms. The molecule has 0 aromatic heterocycles. The second kappa shape index (κ2) is 8.93. The van der Waals surface area contributed by atoms with Crippen LogP contribution in [0.25, 0.3) is 0 Å². The molecule has 0 radical (unpaired) electrons. The molecule has 21 heavy (non-hydrogen) atoms. The number of nitrogens with one attached hydrogen (secondary N) is 1. The van der Waals surface area contributed by atoms with Gasteiger partial charge in [-0.1, -0.05) is 58.1 Å². The summed E-state index contributed by atoms with van der Waals surface area (Å²) in [4.78, 5) is 0. The SMILES string of the molecule is CCCCCCCC(NCC)C1COc2ccccc2O1. The normalized spacial score (nSPS) is 18.5.